The molecule has 2 fully saturated rings. The van der Waals surface area contributed by atoms with Gasteiger partial charge in [0.15, 0.2) is 0 Å². The van der Waals surface area contributed by atoms with Crippen molar-refractivity contribution in [1.82, 2.24) is 19.4 Å². The molecule has 6 nitrogen and oxygen atoms in total. The quantitative estimate of drug-likeness (QED) is 0.318. The number of hydrogen-bond acceptors (Lipinski definition) is 3. The van der Waals surface area contributed by atoms with Crippen LogP contribution in [0.15, 0.2) is 85.3 Å². The Bertz CT molecular complexity index is 1630. The predicted octanol–water partition coefficient (Wildman–Crippen LogP) is 5.44. The van der Waals surface area contributed by atoms with Crippen molar-refractivity contribution in [3.8, 4) is 17.5 Å². The lowest BCUT2D eigenvalue weighted by Crippen LogP contribution is -2.64. The zero-order valence-corrected chi connectivity index (χ0v) is 22.4. The van der Waals surface area contributed by atoms with Crippen molar-refractivity contribution in [3.63, 3.8) is 0 Å². The highest BCUT2D eigenvalue weighted by molar-refractivity contribution is 6.30. The molecule has 0 N–H and O–H groups in total. The first-order valence-corrected chi connectivity index (χ1v) is 13.5. The molecular weight excluding hydrogens is 527 g/mol. The van der Waals surface area contributed by atoms with Crippen LogP contribution in [0.25, 0.3) is 5.69 Å². The van der Waals surface area contributed by atoms with E-state index in [0.717, 1.165) is 24.0 Å². The number of rotatable bonds is 3. The van der Waals surface area contributed by atoms with Crippen molar-refractivity contribution in [1.29, 1.82) is 0 Å². The second-order valence-electron chi connectivity index (χ2n) is 10.4. The Balaban J connectivity index is 1.10. The van der Waals surface area contributed by atoms with Gasteiger partial charge in [-0.05, 0) is 67.4 Å². The molecule has 40 heavy (non-hydrogen) atoms. The average molecular weight is 553 g/mol. The highest BCUT2D eigenvalue weighted by atomic mass is 35.5. The monoisotopic (exact) mass is 552 g/mol. The second-order valence-corrected chi connectivity index (χ2v) is 10.9. The summed E-state index contributed by atoms with van der Waals surface area (Å²) >= 11 is 5.90. The van der Waals surface area contributed by atoms with Crippen LogP contribution >= 0.6 is 11.6 Å². The SMILES string of the molecule is O=C(c1ccc(C#Cc2ccccc2)cc1)N1CC2(CCCN(C(=O)c3cncn3-c3ccc(Cl)cc3F)C2)C1. The summed E-state index contributed by atoms with van der Waals surface area (Å²) in [4.78, 5) is 34.4. The van der Waals surface area contributed by atoms with E-state index >= 15 is 0 Å². The van der Waals surface area contributed by atoms with Gasteiger partial charge >= 0.3 is 0 Å². The highest BCUT2D eigenvalue weighted by Crippen LogP contribution is 2.40. The van der Waals surface area contributed by atoms with E-state index in [9.17, 15) is 14.0 Å². The molecule has 8 heteroatoms. The van der Waals surface area contributed by atoms with Gasteiger partial charge in [0.25, 0.3) is 11.8 Å². The molecule has 2 saturated heterocycles. The fourth-order valence-corrected chi connectivity index (χ4v) is 5.73. The Kier molecular flexibility index (Phi) is 6.87. The number of carbonyl (C=O) groups is 2. The Hall–Kier alpha value is -4.41. The van der Waals surface area contributed by atoms with Crippen molar-refractivity contribution in [2.75, 3.05) is 26.2 Å². The molecule has 0 saturated carbocycles. The maximum absolute atomic E-state index is 14.6. The average Bonchev–Trinajstić information content (AvgIpc) is 3.44. The zero-order chi connectivity index (χ0) is 27.7. The summed E-state index contributed by atoms with van der Waals surface area (Å²) in [5, 5.41) is 0.281. The molecular formula is C32H26ClFN4O2. The van der Waals surface area contributed by atoms with Crippen LogP contribution in [0.2, 0.25) is 5.02 Å². The summed E-state index contributed by atoms with van der Waals surface area (Å²) in [6, 6.07) is 21.5. The fraction of sp³-hybridized carbons (Fsp3) is 0.219. The molecule has 3 heterocycles. The minimum Gasteiger partial charge on any atom is -0.337 e. The number of hydrogen-bond donors (Lipinski definition) is 0. The van der Waals surface area contributed by atoms with Gasteiger partial charge in [-0.25, -0.2) is 9.37 Å². The third-order valence-corrected chi connectivity index (χ3v) is 7.81. The lowest BCUT2D eigenvalue weighted by atomic mass is 9.73. The number of benzene rings is 3. The highest BCUT2D eigenvalue weighted by Gasteiger charge is 2.48. The maximum atomic E-state index is 14.6. The normalized spacial score (nSPS) is 15.8. The molecule has 1 spiro atoms. The summed E-state index contributed by atoms with van der Waals surface area (Å²) in [5.41, 5.74) is 2.78. The summed E-state index contributed by atoms with van der Waals surface area (Å²) in [6.07, 6.45) is 4.68. The number of carbonyl (C=O) groups excluding carboxylic acids is 2. The van der Waals surface area contributed by atoms with Crippen LogP contribution < -0.4 is 0 Å². The van der Waals surface area contributed by atoms with Crippen molar-refractivity contribution >= 4 is 23.4 Å². The first-order chi connectivity index (χ1) is 19.4. The Morgan fingerprint density at radius 2 is 1.57 bits per heavy atom. The van der Waals surface area contributed by atoms with Gasteiger partial charge in [0, 0.05) is 53.3 Å². The molecule has 6 rings (SSSR count). The topological polar surface area (TPSA) is 58.4 Å². The van der Waals surface area contributed by atoms with Gasteiger partial charge in [-0.3, -0.25) is 14.2 Å². The smallest absolute Gasteiger partial charge is 0.272 e. The van der Waals surface area contributed by atoms with E-state index < -0.39 is 5.82 Å². The lowest BCUT2D eigenvalue weighted by molar-refractivity contribution is -0.0339. The number of halogens is 2. The molecule has 2 amide bonds. The molecule has 3 aromatic carbocycles. The van der Waals surface area contributed by atoms with Crippen LogP contribution in [-0.2, 0) is 0 Å². The minimum atomic E-state index is -0.529. The summed E-state index contributed by atoms with van der Waals surface area (Å²) < 4.78 is 16.0. The van der Waals surface area contributed by atoms with Gasteiger partial charge < -0.3 is 9.80 Å². The lowest BCUT2D eigenvalue weighted by Gasteiger charge is -2.54. The zero-order valence-electron chi connectivity index (χ0n) is 21.7. The number of nitrogens with zero attached hydrogens (tertiary/aromatic N) is 4. The van der Waals surface area contributed by atoms with Gasteiger partial charge in [-0.2, -0.15) is 0 Å². The third-order valence-electron chi connectivity index (χ3n) is 7.57. The van der Waals surface area contributed by atoms with Crippen molar-refractivity contribution in [3.05, 3.63) is 119 Å². The fourth-order valence-electron chi connectivity index (χ4n) is 5.57. The van der Waals surface area contributed by atoms with Crippen LogP contribution in [0.4, 0.5) is 4.39 Å². The summed E-state index contributed by atoms with van der Waals surface area (Å²) in [6.45, 7) is 2.33. The van der Waals surface area contributed by atoms with Gasteiger partial charge in [0.1, 0.15) is 11.5 Å². The number of aromatic nitrogens is 2. The van der Waals surface area contributed by atoms with Crippen molar-refractivity contribution in [2.45, 2.75) is 12.8 Å². The molecule has 1 aromatic heterocycles. The van der Waals surface area contributed by atoms with Crippen molar-refractivity contribution in [2.24, 2.45) is 5.41 Å². The second kappa shape index (κ2) is 10.6. The Labute approximate surface area is 237 Å². The van der Waals surface area contributed by atoms with Crippen LogP contribution in [0.3, 0.4) is 0 Å². The number of amides is 2. The van der Waals surface area contributed by atoms with Gasteiger partial charge in [0.2, 0.25) is 0 Å². The van der Waals surface area contributed by atoms with E-state index in [0.29, 0.717) is 37.4 Å². The van der Waals surface area contributed by atoms with E-state index in [1.54, 1.807) is 11.0 Å². The Morgan fingerprint density at radius 1 is 0.875 bits per heavy atom. The molecule has 0 aliphatic carbocycles. The number of likely N-dealkylation sites (tertiary alicyclic amines) is 2. The minimum absolute atomic E-state index is 0.0204. The van der Waals surface area contributed by atoms with Crippen LogP contribution in [0.1, 0.15) is 44.8 Å². The van der Waals surface area contributed by atoms with Crippen LogP contribution in [-0.4, -0.2) is 57.3 Å². The summed E-state index contributed by atoms with van der Waals surface area (Å²) in [5.74, 6) is 5.51. The molecule has 0 unspecified atom stereocenters. The molecule has 2 aliphatic heterocycles. The summed E-state index contributed by atoms with van der Waals surface area (Å²) in [7, 11) is 0. The predicted molar refractivity (Wildman–Crippen MR) is 151 cm³/mol. The third kappa shape index (κ3) is 5.11. The van der Waals surface area contributed by atoms with E-state index in [-0.39, 0.29) is 27.9 Å². The van der Waals surface area contributed by atoms with E-state index in [1.807, 2.05) is 59.5 Å². The molecule has 2 aliphatic rings. The number of piperidine rings is 1. The van der Waals surface area contributed by atoms with Gasteiger partial charge in [-0.15, -0.1) is 0 Å². The van der Waals surface area contributed by atoms with Crippen LogP contribution in [0.5, 0.6) is 0 Å². The maximum Gasteiger partial charge on any atom is 0.272 e. The largest absolute Gasteiger partial charge is 0.337 e. The van der Waals surface area contributed by atoms with Crippen molar-refractivity contribution < 1.29 is 14.0 Å². The number of imidazole rings is 1. The Morgan fingerprint density at radius 3 is 2.30 bits per heavy atom. The van der Waals surface area contributed by atoms with Gasteiger partial charge in [0.05, 0.1) is 18.2 Å². The molecule has 0 atom stereocenters. The van der Waals surface area contributed by atoms with Gasteiger partial charge in [-0.1, -0.05) is 41.6 Å². The first kappa shape index (κ1) is 25.8. The van der Waals surface area contributed by atoms with E-state index in [2.05, 4.69) is 16.8 Å². The van der Waals surface area contributed by atoms with E-state index in [1.165, 1.54) is 29.2 Å². The van der Waals surface area contributed by atoms with Crippen LogP contribution in [0, 0.1) is 23.1 Å². The first-order valence-electron chi connectivity index (χ1n) is 13.1. The molecule has 0 radical (unpaired) electrons. The standard InChI is InChI=1S/C32H26ClFN4O2/c33-26-13-14-28(27(34)17-26)38-22-35-18-29(38)31(40)36-16-4-15-32(19-36)20-37(21-32)30(39)25-11-9-24(10-12-25)8-7-23-5-2-1-3-6-23/h1-3,5-6,9-14,17-18,22H,4,15-16,19-21H2. The molecule has 200 valence electrons. The molecule has 4 aromatic rings. The molecule has 0 bridgehead atoms. The van der Waals surface area contributed by atoms with E-state index in [4.69, 9.17) is 11.6 Å².